The van der Waals surface area contributed by atoms with Gasteiger partial charge in [0.15, 0.2) is 36.4 Å². The van der Waals surface area contributed by atoms with E-state index >= 15 is 0 Å². The number of rotatable bonds is 16. The van der Waals surface area contributed by atoms with Gasteiger partial charge in [0, 0.05) is 19.4 Å². The standard InChI is InChI=1S/C55H84O27S.Na/c1-24(2)11-10-16-53(8)55(67)34(74-25(3)58)19-52(7)27-12-13-32-50(4,5)33(15-17-51(32,6)26(27)14-18-54(52,55)49(66)81-53)77-48-44(36(61)31(23-73-48)82-83(68,69)70)80-46-38(63)37(62)42(30(21-57)76-46)79-45-39(64)41(28(59)22-72-45)78-47-40(65)43(71-9)35(60)29(20-56)75-47;/h10-12,16,26,28-48,56-57,59-65,67H,13-15,17-23H2,1-9H3,(H,68,69,70);/q;+1/p-1/b16-10+;/t26-,28-,29-,30-,31-,32+,33+,34+,35-,36+,37-,38-,39-,40-,41+,42-,43+,44-,45+,46+,47+,48+,51-,52+,53+,54-,55+;/m1./s1. The van der Waals surface area contributed by atoms with Crippen molar-refractivity contribution in [1.82, 2.24) is 0 Å². The second-order valence-corrected chi connectivity index (χ2v) is 26.4. The van der Waals surface area contributed by atoms with Crippen molar-refractivity contribution in [3.05, 3.63) is 35.5 Å². The number of allylic oxidation sites excluding steroid dienone is 5. The molecule has 29 heteroatoms. The van der Waals surface area contributed by atoms with Crippen LogP contribution < -0.4 is 29.6 Å². The van der Waals surface area contributed by atoms with Crippen molar-refractivity contribution in [2.45, 2.75) is 228 Å². The minimum atomic E-state index is -5.47. The van der Waals surface area contributed by atoms with E-state index in [1.807, 2.05) is 40.7 Å². The molecule has 9 aliphatic rings. The Morgan fingerprint density at radius 3 is 2.00 bits per heavy atom. The summed E-state index contributed by atoms with van der Waals surface area (Å²) in [4.78, 5) is 27.5. The van der Waals surface area contributed by atoms with Crippen molar-refractivity contribution in [2.75, 3.05) is 33.5 Å². The summed E-state index contributed by atoms with van der Waals surface area (Å²) in [7, 11) is -4.28. The summed E-state index contributed by atoms with van der Waals surface area (Å²) in [5.74, 6) is -1.43. The summed E-state index contributed by atoms with van der Waals surface area (Å²) in [6.07, 6.45) is -23.5. The second-order valence-electron chi connectivity index (χ2n) is 25.3. The van der Waals surface area contributed by atoms with Crippen LogP contribution in [0, 0.1) is 33.5 Å². The molecule has 0 amide bonds. The van der Waals surface area contributed by atoms with Gasteiger partial charge in [-0.15, -0.1) is 0 Å². The van der Waals surface area contributed by atoms with E-state index in [-0.39, 0.29) is 54.2 Å². The van der Waals surface area contributed by atoms with Gasteiger partial charge in [-0.3, -0.25) is 13.8 Å². The molecule has 5 aliphatic heterocycles. The summed E-state index contributed by atoms with van der Waals surface area (Å²) in [6.45, 7) is 12.0. The minimum Gasteiger partial charge on any atom is -0.726 e. The van der Waals surface area contributed by atoms with E-state index in [0.717, 1.165) is 11.1 Å². The van der Waals surface area contributed by atoms with Crippen LogP contribution in [-0.2, 0) is 76.3 Å². The molecule has 27 nitrogen and oxygen atoms in total. The molecule has 0 bridgehead atoms. The van der Waals surface area contributed by atoms with Crippen molar-refractivity contribution in [3.63, 3.8) is 0 Å². The molecule has 9 rings (SSSR count). The van der Waals surface area contributed by atoms with Crippen LogP contribution in [-0.4, -0.2) is 244 Å². The van der Waals surface area contributed by atoms with Gasteiger partial charge in [0.25, 0.3) is 0 Å². The number of cyclic esters (lactones) is 1. The van der Waals surface area contributed by atoms with Crippen molar-refractivity contribution in [1.29, 1.82) is 0 Å². The zero-order valence-corrected chi connectivity index (χ0v) is 51.7. The van der Waals surface area contributed by atoms with Crippen molar-refractivity contribution < 1.29 is 159 Å². The van der Waals surface area contributed by atoms with Crippen LogP contribution in [0.25, 0.3) is 0 Å². The average Bonchev–Trinajstić information content (AvgIpc) is 1.48. The fourth-order valence-electron chi connectivity index (χ4n) is 15.9. The summed E-state index contributed by atoms with van der Waals surface area (Å²) in [5.41, 5.74) is -5.23. The van der Waals surface area contributed by atoms with Crippen molar-refractivity contribution in [3.8, 4) is 0 Å². The minimum absolute atomic E-state index is 0. The number of carbonyl (C=O) groups excluding carboxylic acids is 2. The number of esters is 2. The Labute approximate surface area is 509 Å². The van der Waals surface area contributed by atoms with Gasteiger partial charge in [-0.2, -0.15) is 0 Å². The number of hydrogen-bond acceptors (Lipinski definition) is 27. The van der Waals surface area contributed by atoms with E-state index < -0.39 is 204 Å². The first-order valence-corrected chi connectivity index (χ1v) is 29.6. The molecule has 0 aromatic carbocycles. The Hall–Kier alpha value is -1.73. The fourth-order valence-corrected chi connectivity index (χ4v) is 16.4. The second kappa shape index (κ2) is 25.2. The topological polar surface area (TPSA) is 404 Å². The monoisotopic (exact) mass is 1230 g/mol. The Bertz CT molecular complexity index is 2590. The molecule has 84 heavy (non-hydrogen) atoms. The Balaban J connectivity index is 0.00000920. The average molecular weight is 1230 g/mol. The van der Waals surface area contributed by atoms with Gasteiger partial charge >= 0.3 is 41.5 Å². The van der Waals surface area contributed by atoms with E-state index in [0.29, 0.717) is 25.7 Å². The molecular formula is C55H83NaO27S. The first-order chi connectivity index (χ1) is 38.8. The van der Waals surface area contributed by atoms with E-state index in [4.69, 9.17) is 52.1 Å². The molecule has 0 unspecified atom stereocenters. The molecule has 0 aromatic heterocycles. The molecule has 1 spiro atoms. The molecular weight excluding hydrogens is 1150 g/mol. The zero-order chi connectivity index (χ0) is 60.9. The van der Waals surface area contributed by atoms with Gasteiger partial charge in [-0.1, -0.05) is 57.1 Å². The third-order valence-corrected chi connectivity index (χ3v) is 20.5. The Kier molecular flexibility index (Phi) is 20.4. The van der Waals surface area contributed by atoms with Crippen LogP contribution in [0.3, 0.4) is 0 Å². The first-order valence-electron chi connectivity index (χ1n) is 28.3. The van der Waals surface area contributed by atoms with E-state index in [2.05, 4.69) is 17.2 Å². The van der Waals surface area contributed by atoms with Crippen LogP contribution >= 0.6 is 0 Å². The van der Waals surface area contributed by atoms with E-state index in [9.17, 15) is 73.6 Å². The summed E-state index contributed by atoms with van der Waals surface area (Å²) >= 11 is 0. The Morgan fingerprint density at radius 2 is 1.37 bits per heavy atom. The SMILES string of the molecule is CO[C@@H]1[C@@H](O)[C@H](O[C@@H]2[C@@H](O)[C@H](O[C@H]3[C@H](O)[C@@H](O)[C@H](O[C@H]4[C@H](O[C@H]5CC[C@]6(C)[C@@H]7CC[C@]89C(=O)O[C@@](C)(/C=C/C=C(C)C)[C@@]8(O)[C@@H](OC(C)=O)C[C@@]9(C)C7=CC[C@H]6C5(C)C)OC[C@@H](OS(=O)(=O)[O-])[C@@H]4O)O[C@@H]3CO)OC[C@H]2O)O[C@H](CO)[C@H]1O.[Na+]. The van der Waals surface area contributed by atoms with Gasteiger partial charge in [-0.05, 0) is 88.0 Å². The maximum Gasteiger partial charge on any atom is 1.00 e. The normalized spacial score (nSPS) is 49.0. The number of ether oxygens (including phenoxy) is 11. The largest absolute Gasteiger partial charge is 1.00 e. The molecule has 3 saturated carbocycles. The molecule has 0 radical (unpaired) electrons. The van der Waals surface area contributed by atoms with Crippen LogP contribution in [0.5, 0.6) is 0 Å². The van der Waals surface area contributed by atoms with E-state index in [1.54, 1.807) is 19.1 Å². The molecule has 10 N–H and O–H groups in total. The van der Waals surface area contributed by atoms with Crippen molar-refractivity contribution in [2.24, 2.45) is 33.5 Å². The number of fused-ring (bicyclic) bond motifs is 4. The first kappa shape index (κ1) is 68.2. The molecule has 0 aromatic rings. The predicted molar refractivity (Wildman–Crippen MR) is 277 cm³/mol. The van der Waals surface area contributed by atoms with Crippen LogP contribution in [0.1, 0.15) is 93.9 Å². The smallest absolute Gasteiger partial charge is 0.726 e. The molecule has 27 atom stereocenters. The third-order valence-electron chi connectivity index (χ3n) is 20.0. The van der Waals surface area contributed by atoms with Crippen LogP contribution in [0.15, 0.2) is 35.5 Å². The number of aliphatic hydroxyl groups is 10. The number of aliphatic hydroxyl groups excluding tert-OH is 9. The van der Waals surface area contributed by atoms with Gasteiger partial charge in [0.1, 0.15) is 97.0 Å². The Morgan fingerprint density at radius 1 is 0.750 bits per heavy atom. The predicted octanol–water partition coefficient (Wildman–Crippen LogP) is -4.86. The zero-order valence-electron chi connectivity index (χ0n) is 48.9. The maximum atomic E-state index is 14.7. The quantitative estimate of drug-likeness (QED) is 0.0173. The van der Waals surface area contributed by atoms with E-state index in [1.165, 1.54) is 14.0 Å². The van der Waals surface area contributed by atoms with Crippen molar-refractivity contribution >= 4 is 22.3 Å². The number of methoxy groups -OCH3 is 1. The molecule has 472 valence electrons. The summed E-state index contributed by atoms with van der Waals surface area (Å²) < 4.78 is 105. The van der Waals surface area contributed by atoms with Crippen LogP contribution in [0.2, 0.25) is 0 Å². The number of hydrogen-bond donors (Lipinski definition) is 10. The number of carbonyl (C=O) groups is 2. The molecule has 8 fully saturated rings. The molecule has 5 heterocycles. The summed E-state index contributed by atoms with van der Waals surface area (Å²) in [5, 5.41) is 112. The molecule has 4 aliphatic carbocycles. The fraction of sp³-hybridized carbons (Fsp3) is 0.855. The maximum absolute atomic E-state index is 14.7. The van der Waals surface area contributed by atoms with Crippen LogP contribution in [0.4, 0.5) is 0 Å². The van der Waals surface area contributed by atoms with Gasteiger partial charge in [0.2, 0.25) is 10.4 Å². The third kappa shape index (κ3) is 11.4. The molecule has 5 saturated heterocycles. The van der Waals surface area contributed by atoms with Gasteiger partial charge in [0.05, 0.1) is 32.5 Å². The van der Waals surface area contributed by atoms with Gasteiger partial charge in [-0.25, -0.2) is 8.42 Å². The van der Waals surface area contributed by atoms with Gasteiger partial charge < -0.3 is 108 Å². The summed E-state index contributed by atoms with van der Waals surface area (Å²) in [6, 6.07) is 0.